The maximum atomic E-state index is 13.9. The fourth-order valence-corrected chi connectivity index (χ4v) is 6.11. The summed E-state index contributed by atoms with van der Waals surface area (Å²) in [6.45, 7) is 4.87. The molecule has 0 N–H and O–H groups in total. The highest BCUT2D eigenvalue weighted by atomic mass is 35.5. The molecule has 9 nitrogen and oxygen atoms in total. The Bertz CT molecular complexity index is 1950. The van der Waals surface area contributed by atoms with Crippen molar-refractivity contribution in [1.29, 1.82) is 0 Å². The van der Waals surface area contributed by atoms with Gasteiger partial charge in [0.1, 0.15) is 6.61 Å². The number of rotatable bonds is 11. The molecule has 0 spiro atoms. The minimum absolute atomic E-state index is 0.216. The molecule has 2 heterocycles. The molecule has 5 rings (SSSR count). The number of carbonyl (C=O) groups is 1. The van der Waals surface area contributed by atoms with Crippen LogP contribution < -0.4 is 33.8 Å². The van der Waals surface area contributed by atoms with Gasteiger partial charge in [0.2, 0.25) is 0 Å². The molecule has 45 heavy (non-hydrogen) atoms. The number of aromatic nitrogens is 1. The fourth-order valence-electron chi connectivity index (χ4n) is 4.82. The highest BCUT2D eigenvalue weighted by Gasteiger charge is 2.31. The molecule has 0 fully saturated rings. The molecule has 1 aromatic heterocycles. The molecule has 0 unspecified atom stereocenters. The largest absolute Gasteiger partial charge is 0.493 e. The van der Waals surface area contributed by atoms with Crippen molar-refractivity contribution in [2.75, 3.05) is 27.4 Å². The number of ether oxygens (including phenoxy) is 5. The first-order valence-corrected chi connectivity index (χ1v) is 15.6. The standard InChI is InChI=1S/C33H30Cl2N2O7S/c1-5-42-26-12-9-21(16-28(26)43-6-2)30-22(32(39)41-4)17-36-33-37(30)31(38)29(45-33)15-19-8-11-25(27(14-19)40-3)44-18-20-7-10-23(34)24(35)13-20/h7-17,30H,5-6,18H2,1-4H3/b29-15-/t30-/m1/s1. The Kier molecular flexibility index (Phi) is 10.2. The number of methoxy groups -OCH3 is 2. The number of benzene rings is 3. The van der Waals surface area contributed by atoms with Crippen LogP contribution in [0.15, 0.2) is 76.2 Å². The maximum absolute atomic E-state index is 13.9. The van der Waals surface area contributed by atoms with Gasteiger partial charge in [-0.25, -0.2) is 9.79 Å². The van der Waals surface area contributed by atoms with Crippen molar-refractivity contribution in [2.45, 2.75) is 26.5 Å². The normalized spacial score (nSPS) is 14.2. The SMILES string of the molecule is CCOc1ccc([C@@H]2C(C(=O)OC)=CN=c3s/c(=C\c4ccc(OCc5ccc(Cl)c(Cl)c5)c(OC)c4)c(=O)n32)cc1OCC. The number of thiazole rings is 1. The summed E-state index contributed by atoms with van der Waals surface area (Å²) < 4.78 is 30.1. The van der Waals surface area contributed by atoms with Crippen LogP contribution in [0.2, 0.25) is 10.0 Å². The van der Waals surface area contributed by atoms with E-state index in [0.29, 0.717) is 66.7 Å². The van der Waals surface area contributed by atoms with E-state index in [9.17, 15) is 9.59 Å². The average molecular weight is 670 g/mol. The Balaban J connectivity index is 1.52. The third kappa shape index (κ3) is 6.88. The van der Waals surface area contributed by atoms with Crippen LogP contribution in [-0.4, -0.2) is 38.0 Å². The van der Waals surface area contributed by atoms with Crippen LogP contribution in [0.1, 0.15) is 36.6 Å². The van der Waals surface area contributed by atoms with E-state index in [0.717, 1.165) is 5.56 Å². The fraction of sp³-hybridized carbons (Fsp3) is 0.242. The van der Waals surface area contributed by atoms with Gasteiger partial charge in [-0.15, -0.1) is 0 Å². The number of esters is 1. The van der Waals surface area contributed by atoms with Crippen LogP contribution in [-0.2, 0) is 16.1 Å². The molecule has 0 aliphatic carbocycles. The molecular formula is C33H30Cl2N2O7S. The highest BCUT2D eigenvalue weighted by Crippen LogP contribution is 2.35. The zero-order chi connectivity index (χ0) is 32.1. The summed E-state index contributed by atoms with van der Waals surface area (Å²) in [6, 6.07) is 15.2. The maximum Gasteiger partial charge on any atom is 0.337 e. The first-order valence-electron chi connectivity index (χ1n) is 14.0. The number of halogens is 2. The van der Waals surface area contributed by atoms with Crippen molar-refractivity contribution < 1.29 is 28.5 Å². The van der Waals surface area contributed by atoms with Gasteiger partial charge in [0.25, 0.3) is 5.56 Å². The lowest BCUT2D eigenvalue weighted by Crippen LogP contribution is -2.39. The Morgan fingerprint density at radius 3 is 2.36 bits per heavy atom. The first-order chi connectivity index (χ1) is 21.8. The Hall–Kier alpha value is -4.25. The molecule has 234 valence electrons. The summed E-state index contributed by atoms with van der Waals surface area (Å²) in [6.07, 6.45) is 3.20. The molecular weight excluding hydrogens is 639 g/mol. The summed E-state index contributed by atoms with van der Waals surface area (Å²) in [4.78, 5) is 31.7. The quantitative estimate of drug-likeness (QED) is 0.189. The molecule has 1 aliphatic heterocycles. The molecule has 0 radical (unpaired) electrons. The van der Waals surface area contributed by atoms with Gasteiger partial charge in [-0.05, 0) is 73.0 Å². The summed E-state index contributed by atoms with van der Waals surface area (Å²) >= 11 is 13.4. The number of nitrogens with zero attached hydrogens (tertiary/aromatic N) is 2. The molecule has 0 bridgehead atoms. The number of hydrogen-bond donors (Lipinski definition) is 0. The third-order valence-corrected chi connectivity index (χ3v) is 8.61. The second-order valence-corrected chi connectivity index (χ2v) is 11.5. The van der Waals surface area contributed by atoms with Crippen molar-refractivity contribution in [1.82, 2.24) is 4.57 Å². The summed E-state index contributed by atoms with van der Waals surface area (Å²) in [7, 11) is 2.83. The van der Waals surface area contributed by atoms with Crippen molar-refractivity contribution in [3.8, 4) is 23.0 Å². The van der Waals surface area contributed by atoms with Crippen molar-refractivity contribution >= 4 is 46.6 Å². The van der Waals surface area contributed by atoms with Gasteiger partial charge < -0.3 is 23.7 Å². The van der Waals surface area contributed by atoms with Crippen LogP contribution in [0.25, 0.3) is 6.08 Å². The minimum atomic E-state index is -0.794. The molecule has 0 saturated heterocycles. The zero-order valence-corrected chi connectivity index (χ0v) is 27.3. The lowest BCUT2D eigenvalue weighted by Gasteiger charge is -2.23. The number of hydrogen-bond acceptors (Lipinski definition) is 9. The highest BCUT2D eigenvalue weighted by molar-refractivity contribution is 7.07. The predicted molar refractivity (Wildman–Crippen MR) is 174 cm³/mol. The van der Waals surface area contributed by atoms with Crippen molar-refractivity contribution in [3.63, 3.8) is 0 Å². The van der Waals surface area contributed by atoms with E-state index in [1.807, 2.05) is 26.0 Å². The number of fused-ring (bicyclic) bond motifs is 1. The van der Waals surface area contributed by atoms with Gasteiger partial charge in [-0.3, -0.25) is 9.36 Å². The molecule has 3 aromatic carbocycles. The van der Waals surface area contributed by atoms with E-state index in [1.54, 1.807) is 55.7 Å². The van der Waals surface area contributed by atoms with Crippen LogP contribution in [0.5, 0.6) is 23.0 Å². The Morgan fingerprint density at radius 2 is 1.64 bits per heavy atom. The van der Waals surface area contributed by atoms with Crippen LogP contribution in [0.3, 0.4) is 0 Å². The molecule has 0 amide bonds. The number of carbonyl (C=O) groups excluding carboxylic acids is 1. The Morgan fingerprint density at radius 1 is 0.911 bits per heavy atom. The van der Waals surface area contributed by atoms with Crippen LogP contribution in [0.4, 0.5) is 0 Å². The van der Waals surface area contributed by atoms with Crippen LogP contribution in [0, 0.1) is 0 Å². The first kappa shape index (κ1) is 32.2. The third-order valence-electron chi connectivity index (χ3n) is 6.87. The summed E-state index contributed by atoms with van der Waals surface area (Å²) in [5.74, 6) is 1.49. The van der Waals surface area contributed by atoms with Gasteiger partial charge in [0.05, 0.1) is 53.6 Å². The lowest BCUT2D eigenvalue weighted by molar-refractivity contribution is -0.136. The molecule has 1 atom stereocenters. The van der Waals surface area contributed by atoms with Gasteiger partial charge in [0, 0.05) is 6.20 Å². The Labute approximate surface area is 273 Å². The lowest BCUT2D eigenvalue weighted by atomic mass is 9.97. The smallest absolute Gasteiger partial charge is 0.337 e. The van der Waals surface area contributed by atoms with E-state index < -0.39 is 12.0 Å². The van der Waals surface area contributed by atoms with E-state index in [4.69, 9.17) is 46.9 Å². The zero-order valence-electron chi connectivity index (χ0n) is 25.0. The van der Waals surface area contributed by atoms with Gasteiger partial charge >= 0.3 is 5.97 Å². The van der Waals surface area contributed by atoms with E-state index in [-0.39, 0.29) is 17.7 Å². The van der Waals surface area contributed by atoms with Gasteiger partial charge in [0.15, 0.2) is 27.8 Å². The average Bonchev–Trinajstić information content (AvgIpc) is 3.36. The van der Waals surface area contributed by atoms with Crippen molar-refractivity contribution in [3.05, 3.63) is 113 Å². The van der Waals surface area contributed by atoms with E-state index >= 15 is 0 Å². The molecule has 1 aliphatic rings. The topological polar surface area (TPSA) is 97.6 Å². The second kappa shape index (κ2) is 14.2. The van der Waals surface area contributed by atoms with Gasteiger partial charge in [-0.2, -0.15) is 0 Å². The summed E-state index contributed by atoms with van der Waals surface area (Å²) in [5.41, 5.74) is 2.10. The monoisotopic (exact) mass is 668 g/mol. The minimum Gasteiger partial charge on any atom is -0.493 e. The molecule has 12 heteroatoms. The van der Waals surface area contributed by atoms with E-state index in [2.05, 4.69) is 4.99 Å². The van der Waals surface area contributed by atoms with Gasteiger partial charge in [-0.1, -0.05) is 52.7 Å². The second-order valence-electron chi connectivity index (χ2n) is 9.70. The molecule has 0 saturated carbocycles. The van der Waals surface area contributed by atoms with E-state index in [1.165, 1.54) is 29.2 Å². The molecule has 4 aromatic rings. The predicted octanol–water partition coefficient (Wildman–Crippen LogP) is 5.71. The van der Waals surface area contributed by atoms with Crippen LogP contribution >= 0.6 is 34.5 Å². The van der Waals surface area contributed by atoms with Crippen molar-refractivity contribution in [2.24, 2.45) is 4.99 Å². The summed E-state index contributed by atoms with van der Waals surface area (Å²) in [5, 5.41) is 0.912.